The third-order valence-corrected chi connectivity index (χ3v) is 5.14. The number of esters is 1. The Kier molecular flexibility index (Phi) is 6.06. The second kappa shape index (κ2) is 8.09. The summed E-state index contributed by atoms with van der Waals surface area (Å²) < 4.78 is 37.9. The largest absolute Gasteiger partial charge is 0.495 e. The van der Waals surface area contributed by atoms with Gasteiger partial charge in [0, 0.05) is 0 Å². The van der Waals surface area contributed by atoms with Gasteiger partial charge < -0.3 is 15.2 Å². The highest BCUT2D eigenvalue weighted by Gasteiger charge is 2.22. The van der Waals surface area contributed by atoms with Crippen LogP contribution in [0.3, 0.4) is 0 Å². The average Bonchev–Trinajstić information content (AvgIpc) is 2.61. The van der Waals surface area contributed by atoms with Crippen LogP contribution in [0.15, 0.2) is 47.4 Å². The quantitative estimate of drug-likeness (QED) is 0.693. The van der Waals surface area contributed by atoms with E-state index in [9.17, 15) is 18.0 Å². The molecule has 3 N–H and O–H groups in total. The zero-order chi connectivity index (χ0) is 20.2. The molecule has 0 heterocycles. The van der Waals surface area contributed by atoms with Gasteiger partial charge >= 0.3 is 5.97 Å². The van der Waals surface area contributed by atoms with E-state index in [1.165, 1.54) is 32.2 Å². The van der Waals surface area contributed by atoms with E-state index in [0.29, 0.717) is 11.3 Å². The summed E-state index contributed by atoms with van der Waals surface area (Å²) in [5.74, 6) is -1.29. The first-order valence-electron chi connectivity index (χ1n) is 7.92. The van der Waals surface area contributed by atoms with E-state index >= 15 is 0 Å². The summed E-state index contributed by atoms with van der Waals surface area (Å²) in [5, 5.41) is 0. The Morgan fingerprint density at radius 3 is 2.44 bits per heavy atom. The molecule has 0 aliphatic rings. The van der Waals surface area contributed by atoms with Gasteiger partial charge in [-0.3, -0.25) is 9.52 Å². The molecule has 1 amide bonds. The lowest BCUT2D eigenvalue weighted by molar-refractivity contribution is -0.125. The molecule has 2 rings (SSSR count). The summed E-state index contributed by atoms with van der Waals surface area (Å²) in [6, 6.07) is 10.5. The number of hydrogen-bond acceptors (Lipinski definition) is 6. The Hall–Kier alpha value is -3.07. The van der Waals surface area contributed by atoms with Crippen LogP contribution < -0.4 is 15.2 Å². The van der Waals surface area contributed by atoms with E-state index in [-0.39, 0.29) is 16.1 Å². The van der Waals surface area contributed by atoms with Crippen molar-refractivity contribution in [2.45, 2.75) is 24.8 Å². The highest BCUT2D eigenvalue weighted by Crippen LogP contribution is 2.27. The van der Waals surface area contributed by atoms with Gasteiger partial charge in [0.2, 0.25) is 0 Å². The van der Waals surface area contributed by atoms with Crippen molar-refractivity contribution in [1.82, 2.24) is 0 Å². The fourth-order valence-corrected chi connectivity index (χ4v) is 3.30. The van der Waals surface area contributed by atoms with Crippen LogP contribution in [0.1, 0.15) is 22.8 Å². The van der Waals surface area contributed by atoms with Crippen molar-refractivity contribution in [1.29, 1.82) is 0 Å². The van der Waals surface area contributed by atoms with Crippen LogP contribution in [0.5, 0.6) is 5.75 Å². The molecule has 0 radical (unpaired) electrons. The highest BCUT2D eigenvalue weighted by atomic mass is 32.2. The molecule has 0 aliphatic heterocycles. The number of benzene rings is 2. The number of hydrogen-bond donors (Lipinski definition) is 2. The van der Waals surface area contributed by atoms with Crippen molar-refractivity contribution in [3.63, 3.8) is 0 Å². The number of para-hydroxylation sites is 2. The van der Waals surface area contributed by atoms with Crippen molar-refractivity contribution in [2.75, 3.05) is 11.8 Å². The molecule has 0 bridgehead atoms. The zero-order valence-electron chi connectivity index (χ0n) is 15.1. The first-order chi connectivity index (χ1) is 12.7. The number of rotatable bonds is 7. The lowest BCUT2D eigenvalue weighted by Crippen LogP contribution is -2.30. The van der Waals surface area contributed by atoms with Crippen LogP contribution >= 0.6 is 0 Å². The maximum Gasteiger partial charge on any atom is 0.339 e. The maximum atomic E-state index is 12.7. The standard InChI is InChI=1S/C18H20N2O6S/c1-11-8-9-13(10-14(11)18(22)26-12(2)17(19)21)27(23,24)20-15-6-4-5-7-16(15)25-3/h4-10,12,20H,1-3H3,(H2,19,21)/t12-/m1/s1. The van der Waals surface area contributed by atoms with Crippen molar-refractivity contribution in [3.8, 4) is 5.75 Å². The number of anilines is 1. The Morgan fingerprint density at radius 1 is 1.15 bits per heavy atom. The second-order valence-electron chi connectivity index (χ2n) is 5.73. The highest BCUT2D eigenvalue weighted by molar-refractivity contribution is 7.92. The van der Waals surface area contributed by atoms with Crippen LogP contribution in [0.4, 0.5) is 5.69 Å². The average molecular weight is 392 g/mol. The molecule has 8 nitrogen and oxygen atoms in total. The molecule has 2 aromatic rings. The number of aryl methyl sites for hydroxylation is 1. The van der Waals surface area contributed by atoms with Crippen LogP contribution in [0.25, 0.3) is 0 Å². The number of nitrogens with one attached hydrogen (secondary N) is 1. The minimum atomic E-state index is -3.99. The van der Waals surface area contributed by atoms with Gasteiger partial charge in [0.1, 0.15) is 5.75 Å². The smallest absolute Gasteiger partial charge is 0.339 e. The molecule has 0 aliphatic carbocycles. The number of amides is 1. The lowest BCUT2D eigenvalue weighted by atomic mass is 10.1. The summed E-state index contributed by atoms with van der Waals surface area (Å²) in [7, 11) is -2.57. The Morgan fingerprint density at radius 2 is 1.81 bits per heavy atom. The summed E-state index contributed by atoms with van der Waals surface area (Å²) in [6.45, 7) is 2.95. The van der Waals surface area contributed by atoms with Crippen molar-refractivity contribution < 1.29 is 27.5 Å². The van der Waals surface area contributed by atoms with Crippen molar-refractivity contribution in [3.05, 3.63) is 53.6 Å². The van der Waals surface area contributed by atoms with Gasteiger partial charge in [-0.2, -0.15) is 0 Å². The molecule has 9 heteroatoms. The summed E-state index contributed by atoms with van der Waals surface area (Å²) >= 11 is 0. The minimum absolute atomic E-state index is 0.0194. The van der Waals surface area contributed by atoms with E-state index in [4.69, 9.17) is 15.2 Å². The minimum Gasteiger partial charge on any atom is -0.495 e. The lowest BCUT2D eigenvalue weighted by Gasteiger charge is -2.14. The third kappa shape index (κ3) is 4.76. The molecular weight excluding hydrogens is 372 g/mol. The Balaban J connectivity index is 2.35. The molecule has 27 heavy (non-hydrogen) atoms. The summed E-state index contributed by atoms with van der Waals surface area (Å²) in [6.07, 6.45) is -1.14. The molecule has 0 unspecified atom stereocenters. The molecule has 0 spiro atoms. The number of sulfonamides is 1. The number of primary amides is 1. The summed E-state index contributed by atoms with van der Waals surface area (Å²) in [5.41, 5.74) is 5.85. The van der Waals surface area contributed by atoms with Crippen LogP contribution in [0.2, 0.25) is 0 Å². The topological polar surface area (TPSA) is 125 Å². The van der Waals surface area contributed by atoms with E-state index in [0.717, 1.165) is 0 Å². The Labute approximate surface area is 157 Å². The SMILES string of the molecule is COc1ccccc1NS(=O)(=O)c1ccc(C)c(C(=O)O[C@H](C)C(N)=O)c1. The van der Waals surface area contributed by atoms with Gasteiger partial charge in [0.25, 0.3) is 15.9 Å². The first-order valence-corrected chi connectivity index (χ1v) is 9.41. The van der Waals surface area contributed by atoms with Gasteiger partial charge in [-0.05, 0) is 43.7 Å². The number of nitrogens with two attached hydrogens (primary N) is 1. The number of methoxy groups -OCH3 is 1. The normalized spacial score (nSPS) is 12.1. The third-order valence-electron chi connectivity index (χ3n) is 3.78. The van der Waals surface area contributed by atoms with E-state index in [2.05, 4.69) is 4.72 Å². The Bertz CT molecular complexity index is 972. The zero-order valence-corrected chi connectivity index (χ0v) is 15.9. The maximum absolute atomic E-state index is 12.7. The summed E-state index contributed by atoms with van der Waals surface area (Å²) in [4.78, 5) is 23.2. The van der Waals surface area contributed by atoms with Gasteiger partial charge in [-0.1, -0.05) is 18.2 Å². The predicted octanol–water partition coefficient (Wildman–Crippen LogP) is 1.84. The fourth-order valence-electron chi connectivity index (χ4n) is 2.20. The van der Waals surface area contributed by atoms with Gasteiger partial charge in [-0.15, -0.1) is 0 Å². The number of carbonyl (C=O) groups excluding carboxylic acids is 2. The molecule has 0 fully saturated rings. The molecule has 0 saturated carbocycles. The van der Waals surface area contributed by atoms with Crippen molar-refractivity contribution >= 4 is 27.6 Å². The van der Waals surface area contributed by atoms with Crippen LogP contribution in [-0.2, 0) is 19.6 Å². The fraction of sp³-hybridized carbons (Fsp3) is 0.222. The number of carbonyl (C=O) groups is 2. The predicted molar refractivity (Wildman–Crippen MR) is 99.1 cm³/mol. The van der Waals surface area contributed by atoms with E-state index in [1.54, 1.807) is 31.2 Å². The molecule has 1 atom stereocenters. The molecule has 0 aromatic heterocycles. The number of ether oxygens (including phenoxy) is 2. The van der Waals surface area contributed by atoms with E-state index in [1.807, 2.05) is 0 Å². The second-order valence-corrected chi connectivity index (χ2v) is 7.41. The first kappa shape index (κ1) is 20.2. The monoisotopic (exact) mass is 392 g/mol. The molecular formula is C18H20N2O6S. The van der Waals surface area contributed by atoms with Crippen LogP contribution in [-0.4, -0.2) is 33.5 Å². The molecule has 2 aromatic carbocycles. The van der Waals surface area contributed by atoms with Crippen molar-refractivity contribution in [2.24, 2.45) is 5.73 Å². The molecule has 0 saturated heterocycles. The van der Waals surface area contributed by atoms with Gasteiger partial charge in [0.15, 0.2) is 6.10 Å². The van der Waals surface area contributed by atoms with Crippen LogP contribution in [0, 0.1) is 6.92 Å². The van der Waals surface area contributed by atoms with E-state index < -0.39 is 28.0 Å². The van der Waals surface area contributed by atoms with Gasteiger partial charge in [0.05, 0.1) is 23.3 Å². The van der Waals surface area contributed by atoms with Gasteiger partial charge in [-0.25, -0.2) is 13.2 Å². The molecule has 144 valence electrons.